The van der Waals surface area contributed by atoms with Gasteiger partial charge < -0.3 is 19.0 Å². The minimum absolute atomic E-state index is 0.894. The van der Waals surface area contributed by atoms with Gasteiger partial charge in [-0.25, -0.2) is 0 Å². The summed E-state index contributed by atoms with van der Waals surface area (Å²) in [6.45, 7) is 0. The van der Waals surface area contributed by atoms with Crippen molar-refractivity contribution in [2.24, 2.45) is 0 Å². The number of rotatable bonds is 4. The number of anilines is 6. The molecule has 0 spiro atoms. The molecular formula is C60H35N2O2P. The van der Waals surface area contributed by atoms with Gasteiger partial charge in [0, 0.05) is 35.4 Å². The van der Waals surface area contributed by atoms with E-state index in [0.29, 0.717) is 0 Å². The van der Waals surface area contributed by atoms with Gasteiger partial charge in [0.05, 0.1) is 33.4 Å². The Morgan fingerprint density at radius 3 is 1.51 bits per heavy atom. The SMILES string of the molecule is c1ccc(N2c3cccc4c3P3c5c(cc(-c6c7ccccc7c(-c7ccc8oc9cc%10ccccc%10cc9c8c7)c7ccccc67)cc5N(c5ccccc5)c5cccc2c53)O4)cc1. The van der Waals surface area contributed by atoms with Crippen LogP contribution < -0.4 is 30.5 Å². The molecule has 0 amide bonds. The number of ether oxygens (including phenoxy) is 1. The van der Waals surface area contributed by atoms with E-state index >= 15 is 0 Å². The highest BCUT2D eigenvalue weighted by Crippen LogP contribution is 2.62. The van der Waals surface area contributed by atoms with Crippen LogP contribution in [-0.4, -0.2) is 0 Å². The fraction of sp³-hybridized carbons (Fsp3) is 0. The van der Waals surface area contributed by atoms with Crippen LogP contribution in [0.4, 0.5) is 34.1 Å². The lowest BCUT2D eigenvalue weighted by atomic mass is 9.85. The second-order valence-corrected chi connectivity index (χ2v) is 19.3. The molecule has 11 aromatic carbocycles. The van der Waals surface area contributed by atoms with E-state index in [1.807, 2.05) is 0 Å². The average molecular weight is 847 g/mol. The quantitative estimate of drug-likeness (QED) is 0.130. The van der Waals surface area contributed by atoms with Gasteiger partial charge in [-0.15, -0.1) is 0 Å². The summed E-state index contributed by atoms with van der Waals surface area (Å²) < 4.78 is 13.7. The molecular weight excluding hydrogens is 812 g/mol. The third kappa shape index (κ3) is 4.89. The van der Waals surface area contributed by atoms with Gasteiger partial charge in [-0.1, -0.05) is 127 Å². The van der Waals surface area contributed by atoms with Crippen LogP contribution in [0.15, 0.2) is 217 Å². The standard InChI is InChI=1S/C60H35N2O2P/c1-3-17-40(18-4-1)61-48-25-13-26-49-58(48)65-59-50(61)27-14-28-53(59)64-55-35-39(33-51(60(55)65)62(49)41-19-5-2-6-20-41)57-44-23-11-9-21-42(44)56(43-22-10-12-24-45(43)57)38-29-30-52-46(32-38)47-31-36-15-7-8-16-37(36)34-54(47)63-52/h1-35H. The zero-order chi connectivity index (χ0) is 42.3. The average Bonchev–Trinajstić information content (AvgIpc) is 3.71. The van der Waals surface area contributed by atoms with Crippen molar-refractivity contribution in [3.8, 4) is 33.8 Å². The van der Waals surface area contributed by atoms with Gasteiger partial charge >= 0.3 is 0 Å². The maximum atomic E-state index is 7.25. The first kappa shape index (κ1) is 35.3. The number of fused-ring (bicyclic) bond motifs is 6. The third-order valence-electron chi connectivity index (χ3n) is 13.8. The van der Waals surface area contributed by atoms with E-state index in [4.69, 9.17) is 9.15 Å². The first-order valence-electron chi connectivity index (χ1n) is 22.2. The summed E-state index contributed by atoms with van der Waals surface area (Å²) in [7, 11) is -0.973. The molecule has 302 valence electrons. The van der Waals surface area contributed by atoms with Gasteiger partial charge in [0.1, 0.15) is 22.7 Å². The van der Waals surface area contributed by atoms with Gasteiger partial charge in [-0.3, -0.25) is 0 Å². The Morgan fingerprint density at radius 2 is 0.846 bits per heavy atom. The third-order valence-corrected chi connectivity index (χ3v) is 16.5. The number of nitrogens with zero attached hydrogens (tertiary/aromatic N) is 2. The van der Waals surface area contributed by atoms with Gasteiger partial charge in [0.2, 0.25) is 0 Å². The molecule has 1 atom stereocenters. The highest BCUT2D eigenvalue weighted by molar-refractivity contribution is 7.81. The summed E-state index contributed by atoms with van der Waals surface area (Å²) in [6, 6.07) is 77.4. The molecule has 65 heavy (non-hydrogen) atoms. The molecule has 12 aromatic rings. The van der Waals surface area contributed by atoms with E-state index < -0.39 is 7.92 Å². The summed E-state index contributed by atoms with van der Waals surface area (Å²) in [5.74, 6) is 1.85. The lowest BCUT2D eigenvalue weighted by Gasteiger charge is -2.47. The van der Waals surface area contributed by atoms with E-state index in [-0.39, 0.29) is 0 Å². The second-order valence-electron chi connectivity index (χ2n) is 17.2. The van der Waals surface area contributed by atoms with Gasteiger partial charge in [-0.2, -0.15) is 0 Å². The smallest absolute Gasteiger partial charge is 0.138 e. The van der Waals surface area contributed by atoms with Crippen molar-refractivity contribution in [1.82, 2.24) is 0 Å². The number of benzene rings is 11. The first-order chi connectivity index (χ1) is 32.2. The van der Waals surface area contributed by atoms with E-state index in [0.717, 1.165) is 61.6 Å². The Balaban J connectivity index is 0.994. The van der Waals surface area contributed by atoms with Gasteiger partial charge in [0.15, 0.2) is 0 Å². The molecule has 0 aliphatic carbocycles. The Morgan fingerprint density at radius 1 is 0.323 bits per heavy atom. The van der Waals surface area contributed by atoms with Crippen molar-refractivity contribution in [3.05, 3.63) is 212 Å². The van der Waals surface area contributed by atoms with Crippen molar-refractivity contribution >= 4 is 112 Å². The minimum atomic E-state index is -0.973. The molecule has 15 rings (SSSR count). The second kappa shape index (κ2) is 13.2. The van der Waals surface area contributed by atoms with Crippen LogP contribution >= 0.6 is 7.92 Å². The summed E-state index contributed by atoms with van der Waals surface area (Å²) >= 11 is 0. The summed E-state index contributed by atoms with van der Waals surface area (Å²) in [6.07, 6.45) is 0. The maximum Gasteiger partial charge on any atom is 0.138 e. The fourth-order valence-corrected chi connectivity index (χ4v) is 14.1. The van der Waals surface area contributed by atoms with Crippen molar-refractivity contribution < 1.29 is 9.15 Å². The van der Waals surface area contributed by atoms with Crippen molar-refractivity contribution in [1.29, 1.82) is 0 Å². The Hall–Kier alpha value is -8.17. The molecule has 4 nitrogen and oxygen atoms in total. The van der Waals surface area contributed by atoms with Crippen LogP contribution in [0, 0.1) is 0 Å². The summed E-state index contributed by atoms with van der Waals surface area (Å²) in [4.78, 5) is 4.92. The van der Waals surface area contributed by atoms with Crippen LogP contribution in [0.3, 0.4) is 0 Å². The lowest BCUT2D eigenvalue weighted by molar-refractivity contribution is 0.489. The summed E-state index contributed by atoms with van der Waals surface area (Å²) in [5, 5.41) is 13.3. The molecule has 3 aliphatic rings. The predicted octanol–water partition coefficient (Wildman–Crippen LogP) is 15.8. The van der Waals surface area contributed by atoms with Crippen molar-refractivity contribution in [3.63, 3.8) is 0 Å². The Kier molecular flexibility index (Phi) is 7.16. The Bertz CT molecular complexity index is 3950. The zero-order valence-corrected chi connectivity index (χ0v) is 35.8. The molecule has 0 saturated heterocycles. The van der Waals surface area contributed by atoms with Crippen LogP contribution in [0.1, 0.15) is 0 Å². The van der Waals surface area contributed by atoms with E-state index in [1.165, 1.54) is 76.4 Å². The van der Waals surface area contributed by atoms with Crippen molar-refractivity contribution in [2.75, 3.05) is 9.80 Å². The molecule has 5 heteroatoms. The topological polar surface area (TPSA) is 28.9 Å². The fourth-order valence-electron chi connectivity index (χ4n) is 11.1. The molecule has 0 bridgehead atoms. The van der Waals surface area contributed by atoms with E-state index in [2.05, 4.69) is 222 Å². The monoisotopic (exact) mass is 846 g/mol. The summed E-state index contributed by atoms with van der Waals surface area (Å²) in [5.41, 5.74) is 13.5. The lowest BCUT2D eigenvalue weighted by Crippen LogP contribution is -2.43. The first-order valence-corrected chi connectivity index (χ1v) is 23.5. The molecule has 1 unspecified atom stereocenters. The molecule has 0 saturated carbocycles. The van der Waals surface area contributed by atoms with Gasteiger partial charge in [0.25, 0.3) is 0 Å². The molecule has 4 heterocycles. The molecule has 0 fully saturated rings. The maximum absolute atomic E-state index is 7.25. The van der Waals surface area contributed by atoms with Crippen LogP contribution in [0.2, 0.25) is 0 Å². The van der Waals surface area contributed by atoms with Crippen LogP contribution in [0.25, 0.3) is 76.5 Å². The number of para-hydroxylation sites is 2. The minimum Gasteiger partial charge on any atom is -0.456 e. The molecule has 0 N–H and O–H groups in total. The van der Waals surface area contributed by atoms with E-state index in [9.17, 15) is 0 Å². The number of furan rings is 1. The highest BCUT2D eigenvalue weighted by Gasteiger charge is 2.46. The van der Waals surface area contributed by atoms with Crippen LogP contribution in [-0.2, 0) is 0 Å². The highest BCUT2D eigenvalue weighted by atomic mass is 31.1. The van der Waals surface area contributed by atoms with E-state index in [1.54, 1.807) is 0 Å². The zero-order valence-electron chi connectivity index (χ0n) is 34.9. The van der Waals surface area contributed by atoms with Gasteiger partial charge in [-0.05, 0) is 140 Å². The van der Waals surface area contributed by atoms with Crippen molar-refractivity contribution in [2.45, 2.75) is 0 Å². The normalized spacial score (nSPS) is 14.4. The predicted molar refractivity (Wildman–Crippen MR) is 272 cm³/mol. The largest absolute Gasteiger partial charge is 0.456 e. The number of hydrogen-bond donors (Lipinski definition) is 0. The molecule has 3 aliphatic heterocycles. The van der Waals surface area contributed by atoms with Crippen LogP contribution in [0.5, 0.6) is 11.5 Å². The number of hydrogen-bond acceptors (Lipinski definition) is 4. The Labute approximate surface area is 375 Å². The molecule has 0 radical (unpaired) electrons. The molecule has 1 aromatic heterocycles.